The van der Waals surface area contributed by atoms with Crippen LogP contribution in [0.2, 0.25) is 0 Å². The van der Waals surface area contributed by atoms with Gasteiger partial charge in [0, 0.05) is 9.75 Å². The second-order valence-corrected chi connectivity index (χ2v) is 6.90. The number of hydrogen-bond donors (Lipinski definition) is 3. The molecule has 2 heterocycles. The highest BCUT2D eigenvalue weighted by molar-refractivity contribution is 7.15. The van der Waals surface area contributed by atoms with Gasteiger partial charge in [0.15, 0.2) is 6.29 Å². The van der Waals surface area contributed by atoms with Gasteiger partial charge in [-0.1, -0.05) is 18.2 Å². The summed E-state index contributed by atoms with van der Waals surface area (Å²) in [4.78, 5) is 26.3. The fraction of sp³-hybridized carbons (Fsp3) is 0.176. The topological polar surface area (TPSA) is 92.4 Å². The first-order valence-corrected chi connectivity index (χ1v) is 8.78. The van der Waals surface area contributed by atoms with Gasteiger partial charge in [-0.15, -0.1) is 22.7 Å². The zero-order valence-corrected chi connectivity index (χ0v) is 15.1. The number of nitrogens with two attached hydrogens (primary N) is 1. The van der Waals surface area contributed by atoms with Crippen molar-refractivity contribution in [3.8, 4) is 0 Å². The Kier molecular flexibility index (Phi) is 8.88. The summed E-state index contributed by atoms with van der Waals surface area (Å²) in [6.07, 6.45) is 8.64. The maximum atomic E-state index is 12.2. The van der Waals surface area contributed by atoms with Gasteiger partial charge < -0.3 is 10.5 Å². The van der Waals surface area contributed by atoms with Crippen LogP contribution in [0.1, 0.15) is 49.0 Å². The number of hydrogen-bond acceptors (Lipinski definition) is 6. The summed E-state index contributed by atoms with van der Waals surface area (Å²) in [6.45, 7) is 3.87. The molecule has 0 saturated heterocycles. The SMILES string of the molecule is C/C=C\C=C/c1ccc(C(=O)NC(C)c2ccc(C=O)s2)s1.NO. The third-order valence-electron chi connectivity index (χ3n) is 2.95. The molecule has 0 aliphatic carbocycles. The van der Waals surface area contributed by atoms with Gasteiger partial charge in [0.05, 0.1) is 15.8 Å². The van der Waals surface area contributed by atoms with Crippen LogP contribution in [0, 0.1) is 0 Å². The Labute approximate surface area is 149 Å². The lowest BCUT2D eigenvalue weighted by Crippen LogP contribution is -2.25. The molecule has 0 aliphatic heterocycles. The summed E-state index contributed by atoms with van der Waals surface area (Å²) in [5, 5.41) is 9.46. The fourth-order valence-corrected chi connectivity index (χ4v) is 3.48. The summed E-state index contributed by atoms with van der Waals surface area (Å²) < 4.78 is 0. The number of thiophene rings is 2. The third kappa shape index (κ3) is 5.86. The first kappa shape index (κ1) is 20.0. The third-order valence-corrected chi connectivity index (χ3v) is 5.20. The number of carbonyl (C=O) groups is 2. The molecular weight excluding hydrogens is 344 g/mol. The van der Waals surface area contributed by atoms with Gasteiger partial charge in [0.1, 0.15) is 0 Å². The molecule has 2 aromatic rings. The van der Waals surface area contributed by atoms with Gasteiger partial charge >= 0.3 is 0 Å². The molecule has 5 nitrogen and oxygen atoms in total. The number of aldehydes is 1. The molecule has 0 aromatic carbocycles. The van der Waals surface area contributed by atoms with Gasteiger partial charge in [-0.2, -0.15) is 0 Å². The molecule has 128 valence electrons. The molecule has 4 N–H and O–H groups in total. The largest absolute Gasteiger partial charge is 0.344 e. The number of nitrogens with one attached hydrogen (secondary N) is 1. The van der Waals surface area contributed by atoms with Crippen LogP contribution in [0.25, 0.3) is 6.08 Å². The van der Waals surface area contributed by atoms with E-state index in [1.807, 2.05) is 56.4 Å². The van der Waals surface area contributed by atoms with Crippen LogP contribution in [0.5, 0.6) is 0 Å². The van der Waals surface area contributed by atoms with Crippen LogP contribution in [-0.4, -0.2) is 17.4 Å². The van der Waals surface area contributed by atoms with Crippen molar-refractivity contribution in [3.63, 3.8) is 0 Å². The molecule has 24 heavy (non-hydrogen) atoms. The number of carbonyl (C=O) groups excluding carboxylic acids is 2. The van der Waals surface area contributed by atoms with E-state index in [0.29, 0.717) is 9.75 Å². The molecule has 0 saturated carbocycles. The van der Waals surface area contributed by atoms with Crippen molar-refractivity contribution in [1.29, 1.82) is 0 Å². The second-order valence-electron chi connectivity index (χ2n) is 4.64. The van der Waals surface area contributed by atoms with Crippen LogP contribution in [-0.2, 0) is 0 Å². The molecule has 1 amide bonds. The van der Waals surface area contributed by atoms with Crippen LogP contribution in [0.15, 0.2) is 42.5 Å². The maximum Gasteiger partial charge on any atom is 0.261 e. The predicted octanol–water partition coefficient (Wildman–Crippen LogP) is 4.04. The Bertz CT molecular complexity index is 717. The minimum absolute atomic E-state index is 0.0933. The first-order chi connectivity index (χ1) is 11.6. The zero-order valence-electron chi connectivity index (χ0n) is 13.4. The average Bonchev–Trinajstić information content (AvgIpc) is 3.26. The van der Waals surface area contributed by atoms with Gasteiger partial charge in [-0.05, 0) is 44.2 Å². The van der Waals surface area contributed by atoms with Crippen molar-refractivity contribution in [2.45, 2.75) is 19.9 Å². The lowest BCUT2D eigenvalue weighted by atomic mass is 10.2. The Morgan fingerprint density at radius 1 is 1.17 bits per heavy atom. The molecular formula is C17H20N2O3S2. The Hall–Kier alpha value is -2.06. The first-order valence-electron chi connectivity index (χ1n) is 7.15. The monoisotopic (exact) mass is 364 g/mol. The summed E-state index contributed by atoms with van der Waals surface area (Å²) in [6, 6.07) is 7.28. The van der Waals surface area contributed by atoms with E-state index in [2.05, 4.69) is 11.2 Å². The smallest absolute Gasteiger partial charge is 0.261 e. The van der Waals surface area contributed by atoms with E-state index in [1.165, 1.54) is 22.7 Å². The van der Waals surface area contributed by atoms with E-state index in [4.69, 9.17) is 5.21 Å². The Morgan fingerprint density at radius 3 is 2.50 bits per heavy atom. The van der Waals surface area contributed by atoms with E-state index in [1.54, 1.807) is 6.07 Å². The van der Waals surface area contributed by atoms with Gasteiger partial charge in [-0.3, -0.25) is 9.59 Å². The molecule has 0 fully saturated rings. The maximum absolute atomic E-state index is 12.2. The normalized spacial score (nSPS) is 12.0. The number of amides is 1. The van der Waals surface area contributed by atoms with E-state index in [-0.39, 0.29) is 11.9 Å². The Morgan fingerprint density at radius 2 is 1.88 bits per heavy atom. The van der Waals surface area contributed by atoms with Crippen molar-refractivity contribution >= 4 is 40.9 Å². The highest BCUT2D eigenvalue weighted by Crippen LogP contribution is 2.23. The Balaban J connectivity index is 0.00000139. The molecule has 0 spiro atoms. The molecule has 0 aliphatic rings. The lowest BCUT2D eigenvalue weighted by molar-refractivity contribution is 0.0944. The van der Waals surface area contributed by atoms with Crippen molar-refractivity contribution < 1.29 is 14.8 Å². The second kappa shape index (κ2) is 10.7. The summed E-state index contributed by atoms with van der Waals surface area (Å²) in [5.74, 6) is 3.41. The van der Waals surface area contributed by atoms with Crippen LogP contribution >= 0.6 is 22.7 Å². The summed E-state index contributed by atoms with van der Waals surface area (Å²) in [5.41, 5.74) is 0. The van der Waals surface area contributed by atoms with E-state index < -0.39 is 0 Å². The molecule has 2 aromatic heterocycles. The molecule has 2 rings (SSSR count). The van der Waals surface area contributed by atoms with Crippen molar-refractivity contribution in [1.82, 2.24) is 5.32 Å². The molecule has 0 bridgehead atoms. The minimum atomic E-state index is -0.115. The molecule has 1 atom stereocenters. The predicted molar refractivity (Wildman–Crippen MR) is 99.7 cm³/mol. The number of rotatable bonds is 6. The van der Waals surface area contributed by atoms with Crippen LogP contribution in [0.4, 0.5) is 0 Å². The quantitative estimate of drug-likeness (QED) is 0.410. The molecule has 0 radical (unpaired) electrons. The van der Waals surface area contributed by atoms with E-state index in [0.717, 1.165) is 16.0 Å². The number of allylic oxidation sites excluding steroid dienone is 3. The van der Waals surface area contributed by atoms with E-state index in [9.17, 15) is 9.59 Å². The summed E-state index contributed by atoms with van der Waals surface area (Å²) in [7, 11) is 0. The zero-order chi connectivity index (χ0) is 17.9. The molecule has 1 unspecified atom stereocenters. The fourth-order valence-electron chi connectivity index (χ4n) is 1.83. The minimum Gasteiger partial charge on any atom is -0.344 e. The van der Waals surface area contributed by atoms with Crippen molar-refractivity contribution in [2.75, 3.05) is 0 Å². The molecule has 7 heteroatoms. The van der Waals surface area contributed by atoms with Gasteiger partial charge in [-0.25, -0.2) is 5.90 Å². The average molecular weight is 364 g/mol. The van der Waals surface area contributed by atoms with Crippen molar-refractivity contribution in [3.05, 3.63) is 62.0 Å². The van der Waals surface area contributed by atoms with Crippen molar-refractivity contribution in [2.24, 2.45) is 5.90 Å². The highest BCUT2D eigenvalue weighted by atomic mass is 32.1. The highest BCUT2D eigenvalue weighted by Gasteiger charge is 2.14. The van der Waals surface area contributed by atoms with Gasteiger partial charge in [0.2, 0.25) is 0 Å². The van der Waals surface area contributed by atoms with Crippen LogP contribution < -0.4 is 11.2 Å². The standard InChI is InChI=1S/C17H17NO2S2.H3NO/c1-3-4-5-6-13-7-10-16(21-13)17(20)18-12(2)15-9-8-14(11-19)22-15;1-2/h3-12H,1-2H3,(H,18,20);2H,1H2/b4-3-,6-5-;. The van der Waals surface area contributed by atoms with E-state index >= 15 is 0 Å². The lowest BCUT2D eigenvalue weighted by Gasteiger charge is -2.10. The summed E-state index contributed by atoms with van der Waals surface area (Å²) >= 11 is 2.85. The van der Waals surface area contributed by atoms with Crippen LogP contribution in [0.3, 0.4) is 0 Å². The van der Waals surface area contributed by atoms with Gasteiger partial charge in [0.25, 0.3) is 5.91 Å².